The van der Waals surface area contributed by atoms with Crippen molar-refractivity contribution in [3.05, 3.63) is 162 Å². The number of imidazole rings is 2. The van der Waals surface area contributed by atoms with Crippen LogP contribution in [0.5, 0.6) is 0 Å². The Morgan fingerprint density at radius 1 is 0.672 bits per heavy atom. The van der Waals surface area contributed by atoms with Crippen LogP contribution in [0.2, 0.25) is 0 Å². The Bertz CT molecular complexity index is 2420. The number of carboxylic acids is 2. The number of aromatic carboxylic acids is 1. The molecular weight excluding hydrogens is 809 g/mol. The maximum atomic E-state index is 12.3. The fourth-order valence-electron chi connectivity index (χ4n) is 6.53. The van der Waals surface area contributed by atoms with Crippen LogP contribution in [0.4, 0.5) is 0 Å². The van der Waals surface area contributed by atoms with E-state index in [1.807, 2.05) is 64.0 Å². The first-order valence-corrected chi connectivity index (χ1v) is 22.0. The third-order valence-corrected chi connectivity index (χ3v) is 11.7. The molecule has 0 spiro atoms. The lowest BCUT2D eigenvalue weighted by Crippen LogP contribution is -2.09. The number of benzene rings is 2. The number of aliphatic carboxylic acids is 1. The second-order valence-electron chi connectivity index (χ2n) is 14.5. The number of ether oxygens (including phenoxy) is 1. The number of unbranched alkanes of at least 4 members (excludes halogenated alkanes) is 2. The zero-order chi connectivity index (χ0) is 43.7. The summed E-state index contributed by atoms with van der Waals surface area (Å²) in [6.07, 6.45) is 14.0. The molecule has 0 aliphatic rings. The van der Waals surface area contributed by atoms with Gasteiger partial charge in [0.2, 0.25) is 0 Å². The van der Waals surface area contributed by atoms with E-state index < -0.39 is 11.9 Å². The van der Waals surface area contributed by atoms with Gasteiger partial charge in [0, 0.05) is 59.7 Å². The molecule has 2 N–H and O–H groups in total. The van der Waals surface area contributed by atoms with E-state index in [0.717, 1.165) is 88.0 Å². The number of nitrogens with zero attached hydrogens (tertiary/aromatic N) is 4. The number of ketones is 1. The van der Waals surface area contributed by atoms with Gasteiger partial charge in [-0.3, -0.25) is 4.79 Å². The minimum absolute atomic E-state index is 0.0682. The number of hydrogen-bond donors (Lipinski definition) is 2. The molecule has 0 unspecified atom stereocenters. The second-order valence-corrected chi connectivity index (χ2v) is 16.5. The highest BCUT2D eigenvalue weighted by molar-refractivity contribution is 7.10. The molecule has 0 atom stereocenters. The highest BCUT2D eigenvalue weighted by atomic mass is 32.1. The number of carbonyl (C=O) groups excluding carboxylic acids is 2. The van der Waals surface area contributed by atoms with Crippen LogP contribution in [0.3, 0.4) is 0 Å². The number of carboxylic acid groups (broad SMARTS) is 2. The number of aryl methyl sites for hydroxylation is 2. The average Bonchev–Trinajstić information content (AvgIpc) is 4.10. The highest BCUT2D eigenvalue weighted by Gasteiger charge is 2.16. The van der Waals surface area contributed by atoms with Gasteiger partial charge in [-0.15, -0.1) is 22.7 Å². The summed E-state index contributed by atoms with van der Waals surface area (Å²) in [5.41, 5.74) is 5.48. The molecule has 318 valence electrons. The third-order valence-electron chi connectivity index (χ3n) is 9.96. The maximum absolute atomic E-state index is 12.3. The van der Waals surface area contributed by atoms with Gasteiger partial charge in [-0.25, -0.2) is 24.4 Å². The summed E-state index contributed by atoms with van der Waals surface area (Å²) in [6.45, 7) is 7.01. The maximum Gasteiger partial charge on any atom is 0.337 e. The number of allylic oxidation sites excluding steroid dienone is 1. The second kappa shape index (κ2) is 23.0. The molecule has 0 saturated heterocycles. The predicted molar refractivity (Wildman–Crippen MR) is 241 cm³/mol. The van der Waals surface area contributed by atoms with E-state index in [1.165, 1.54) is 18.4 Å². The summed E-state index contributed by atoms with van der Waals surface area (Å²) in [5.74, 6) is -0.288. The zero-order valence-corrected chi connectivity index (χ0v) is 36.6. The Hall–Kier alpha value is -6.18. The Kier molecular flexibility index (Phi) is 17.3. The fraction of sp³-hybridized carbons (Fsp3) is 0.292. The van der Waals surface area contributed by atoms with Gasteiger partial charge >= 0.3 is 17.9 Å². The molecule has 4 heterocycles. The Morgan fingerprint density at radius 2 is 1.13 bits per heavy atom. The lowest BCUT2D eigenvalue weighted by Gasteiger charge is -2.12. The lowest BCUT2D eigenvalue weighted by atomic mass is 10.1. The Morgan fingerprint density at radius 3 is 1.52 bits per heavy atom. The molecule has 61 heavy (non-hydrogen) atoms. The summed E-state index contributed by atoms with van der Waals surface area (Å²) in [6, 6.07) is 22.0. The molecule has 0 bridgehead atoms. The van der Waals surface area contributed by atoms with Crippen molar-refractivity contribution >= 4 is 58.5 Å². The fourth-order valence-corrected chi connectivity index (χ4v) is 7.98. The minimum Gasteiger partial charge on any atom is -0.478 e. The topological polar surface area (TPSA) is 154 Å². The molecule has 2 aromatic carbocycles. The normalized spacial score (nSPS) is 11.5. The van der Waals surface area contributed by atoms with Crippen LogP contribution in [0.1, 0.15) is 111 Å². The van der Waals surface area contributed by atoms with E-state index in [9.17, 15) is 24.3 Å². The van der Waals surface area contributed by atoms with Crippen LogP contribution in [0, 0.1) is 0 Å². The van der Waals surface area contributed by atoms with Crippen molar-refractivity contribution in [3.8, 4) is 0 Å². The van der Waals surface area contributed by atoms with Gasteiger partial charge in [-0.05, 0) is 90.2 Å². The first kappa shape index (κ1) is 45.9. The Labute approximate surface area is 364 Å². The van der Waals surface area contributed by atoms with E-state index in [1.54, 1.807) is 66.9 Å². The zero-order valence-electron chi connectivity index (χ0n) is 35.0. The van der Waals surface area contributed by atoms with E-state index >= 15 is 0 Å². The number of carbonyl (C=O) groups is 4. The molecule has 4 aromatic heterocycles. The van der Waals surface area contributed by atoms with Gasteiger partial charge in [-0.1, -0.05) is 63.1 Å². The molecule has 11 nitrogen and oxygen atoms in total. The quantitative estimate of drug-likeness (QED) is 0.0564. The molecule has 0 aliphatic heterocycles. The highest BCUT2D eigenvalue weighted by Crippen LogP contribution is 2.22. The van der Waals surface area contributed by atoms with E-state index in [2.05, 4.69) is 28.4 Å². The molecule has 0 saturated carbocycles. The van der Waals surface area contributed by atoms with Gasteiger partial charge in [0.05, 0.1) is 42.0 Å². The monoisotopic (exact) mass is 860 g/mol. The van der Waals surface area contributed by atoms with Gasteiger partial charge < -0.3 is 24.1 Å². The van der Waals surface area contributed by atoms with Crippen molar-refractivity contribution in [3.63, 3.8) is 0 Å². The summed E-state index contributed by atoms with van der Waals surface area (Å²) in [4.78, 5) is 58.3. The number of Topliss-reactive ketones (excluding diaryl/α,β-unsaturated/α-hetero) is 1. The number of aromatic nitrogens is 4. The molecule has 6 aromatic rings. The van der Waals surface area contributed by atoms with Crippen LogP contribution < -0.4 is 0 Å². The number of rotatable bonds is 20. The molecule has 0 fully saturated rings. The molecular formula is C48H52N4O7S2. The number of hydrogen-bond acceptors (Lipinski definition) is 9. The number of methoxy groups -OCH3 is 1. The van der Waals surface area contributed by atoms with Crippen molar-refractivity contribution in [1.82, 2.24) is 19.1 Å². The molecule has 13 heteroatoms. The van der Waals surface area contributed by atoms with Crippen molar-refractivity contribution < 1.29 is 34.1 Å². The van der Waals surface area contributed by atoms with Crippen molar-refractivity contribution in [2.45, 2.75) is 85.2 Å². The molecule has 0 radical (unpaired) electrons. The first-order chi connectivity index (χ1) is 29.5. The first-order valence-electron chi connectivity index (χ1n) is 20.3. The molecule has 0 aliphatic carbocycles. The SMILES string of the molecule is CCCCc1ncc(/C=C(\Cc2cccs2)C(=O)O)n1Cc1ccc(C(=O)O)cc1.CCCCc1ncc(/C=C(\Cc2cccs2)C(C)=O)n1Cc1ccc(C(=O)OC)cc1. The van der Waals surface area contributed by atoms with E-state index in [0.29, 0.717) is 37.1 Å². The summed E-state index contributed by atoms with van der Waals surface area (Å²) in [5, 5.41) is 22.8. The molecule has 6 rings (SSSR count). The number of esters is 1. The lowest BCUT2D eigenvalue weighted by molar-refractivity contribution is -0.132. The number of thiophene rings is 2. The van der Waals surface area contributed by atoms with Crippen LogP contribution >= 0.6 is 22.7 Å². The average molecular weight is 861 g/mol. The van der Waals surface area contributed by atoms with Gasteiger partial charge in [0.1, 0.15) is 11.6 Å². The summed E-state index contributed by atoms with van der Waals surface area (Å²) in [7, 11) is 1.38. The van der Waals surface area contributed by atoms with E-state index in [-0.39, 0.29) is 17.3 Å². The van der Waals surface area contributed by atoms with Gasteiger partial charge in [-0.2, -0.15) is 0 Å². The van der Waals surface area contributed by atoms with Gasteiger partial charge in [0.15, 0.2) is 5.78 Å². The van der Waals surface area contributed by atoms with Crippen molar-refractivity contribution in [2.75, 3.05) is 7.11 Å². The van der Waals surface area contributed by atoms with E-state index in [4.69, 9.17) is 9.84 Å². The predicted octanol–water partition coefficient (Wildman–Crippen LogP) is 10.1. The molecule has 0 amide bonds. The van der Waals surface area contributed by atoms with Crippen molar-refractivity contribution in [2.24, 2.45) is 0 Å². The summed E-state index contributed by atoms with van der Waals surface area (Å²) >= 11 is 3.19. The smallest absolute Gasteiger partial charge is 0.337 e. The Balaban J connectivity index is 0.000000231. The third kappa shape index (κ3) is 13.4. The van der Waals surface area contributed by atoms with Crippen LogP contribution in [0.15, 0.2) is 107 Å². The van der Waals surface area contributed by atoms with Crippen molar-refractivity contribution in [1.29, 1.82) is 0 Å². The van der Waals surface area contributed by atoms with Crippen LogP contribution in [-0.2, 0) is 53.1 Å². The minimum atomic E-state index is -0.962. The van der Waals surface area contributed by atoms with Gasteiger partial charge in [0.25, 0.3) is 0 Å². The van der Waals surface area contributed by atoms with Crippen LogP contribution in [0.25, 0.3) is 12.2 Å². The van der Waals surface area contributed by atoms with Crippen LogP contribution in [-0.4, -0.2) is 60.1 Å². The largest absolute Gasteiger partial charge is 0.478 e. The standard InChI is InChI=1S/C25H28N2O3S.C23H24N2O4S/c1-4-5-8-24-26-16-22(14-21(18(2)28)15-23-7-6-13-31-23)27(24)17-19-9-11-20(12-10-19)25(29)30-3;1-2-3-6-21-24-14-19(12-18(23(28)29)13-20-5-4-11-30-20)25(21)15-16-7-9-17(10-8-16)22(26)27/h6-7,9-14,16H,4-5,8,15,17H2,1-3H3;4-5,7-12,14H,2-3,6,13,15H2,1H3,(H,26,27)(H,28,29)/b21-14+;18-12+. The summed E-state index contributed by atoms with van der Waals surface area (Å²) < 4.78 is 8.96.